The Morgan fingerprint density at radius 3 is 2.81 bits per heavy atom. The van der Waals surface area contributed by atoms with Gasteiger partial charge in [-0.25, -0.2) is 14.4 Å². The van der Waals surface area contributed by atoms with Crippen molar-refractivity contribution in [1.29, 1.82) is 0 Å². The van der Waals surface area contributed by atoms with Gasteiger partial charge < -0.3 is 0 Å². The Labute approximate surface area is 123 Å². The van der Waals surface area contributed by atoms with Crippen LogP contribution in [0.3, 0.4) is 0 Å². The van der Waals surface area contributed by atoms with Crippen molar-refractivity contribution < 1.29 is 4.39 Å². The fraction of sp³-hybridized carbons (Fsp3) is 0.111. The summed E-state index contributed by atoms with van der Waals surface area (Å²) >= 11 is 12.4. The third kappa shape index (κ3) is 2.16. The van der Waals surface area contributed by atoms with E-state index in [1.165, 1.54) is 11.8 Å². The average molecular weight is 433 g/mol. The fourth-order valence-corrected chi connectivity index (χ4v) is 2.90. The SMILES string of the molecule is CSc1nc(Cl)nc2c(F)c(Br)c(I)cc12. The van der Waals surface area contributed by atoms with Crippen molar-refractivity contribution in [2.75, 3.05) is 6.26 Å². The molecule has 0 saturated carbocycles. The Hall–Kier alpha value is 0.340. The molecule has 0 amide bonds. The van der Waals surface area contributed by atoms with E-state index in [2.05, 4.69) is 48.5 Å². The van der Waals surface area contributed by atoms with Gasteiger partial charge in [0.2, 0.25) is 5.28 Å². The molecule has 0 aliphatic heterocycles. The van der Waals surface area contributed by atoms with Crippen molar-refractivity contribution in [1.82, 2.24) is 9.97 Å². The van der Waals surface area contributed by atoms with E-state index in [4.69, 9.17) is 11.6 Å². The molecular weight excluding hydrogens is 429 g/mol. The van der Waals surface area contributed by atoms with Crippen molar-refractivity contribution >= 4 is 72.8 Å². The van der Waals surface area contributed by atoms with E-state index in [-0.39, 0.29) is 10.8 Å². The Balaban J connectivity index is 2.94. The minimum atomic E-state index is -0.401. The van der Waals surface area contributed by atoms with Gasteiger partial charge in [-0.2, -0.15) is 0 Å². The molecule has 0 atom stereocenters. The highest BCUT2D eigenvalue weighted by Gasteiger charge is 2.15. The van der Waals surface area contributed by atoms with Crippen molar-refractivity contribution in [2.24, 2.45) is 0 Å². The number of aromatic nitrogens is 2. The lowest BCUT2D eigenvalue weighted by Gasteiger charge is -2.07. The molecule has 1 heterocycles. The molecule has 7 heteroatoms. The molecule has 0 aliphatic carbocycles. The first-order valence-corrected chi connectivity index (χ1v) is 7.56. The van der Waals surface area contributed by atoms with Gasteiger partial charge in [0.15, 0.2) is 5.82 Å². The number of fused-ring (bicyclic) bond motifs is 1. The topological polar surface area (TPSA) is 25.8 Å². The second-order valence-corrected chi connectivity index (χ2v) is 5.97. The summed E-state index contributed by atoms with van der Waals surface area (Å²) in [6.07, 6.45) is 1.87. The van der Waals surface area contributed by atoms with Crippen LogP contribution in [0, 0.1) is 9.39 Å². The first kappa shape index (κ1) is 12.8. The van der Waals surface area contributed by atoms with Crippen molar-refractivity contribution in [3.63, 3.8) is 0 Å². The molecular formula is C9H4BrClFIN2S. The standard InChI is InChI=1S/C9H4BrClFIN2S/c1-16-8-3-2-4(13)5(10)6(12)7(3)14-9(11)15-8/h2H,1H3. The van der Waals surface area contributed by atoms with E-state index in [9.17, 15) is 4.39 Å². The summed E-state index contributed by atoms with van der Waals surface area (Å²) in [6.45, 7) is 0. The quantitative estimate of drug-likeness (QED) is 0.218. The van der Waals surface area contributed by atoms with Crippen LogP contribution in [0.15, 0.2) is 15.6 Å². The Kier molecular flexibility index (Phi) is 3.93. The van der Waals surface area contributed by atoms with Gasteiger partial charge in [-0.1, -0.05) is 0 Å². The molecule has 0 spiro atoms. The van der Waals surface area contributed by atoms with Crippen LogP contribution in [0.2, 0.25) is 5.28 Å². The molecule has 0 saturated heterocycles. The maximum Gasteiger partial charge on any atom is 0.224 e. The largest absolute Gasteiger partial charge is 0.224 e. The normalized spacial score (nSPS) is 11.1. The zero-order valence-electron chi connectivity index (χ0n) is 7.89. The summed E-state index contributed by atoms with van der Waals surface area (Å²) in [7, 11) is 0. The Morgan fingerprint density at radius 2 is 2.19 bits per heavy atom. The van der Waals surface area contributed by atoms with E-state index in [1.54, 1.807) is 0 Å². The molecule has 1 aromatic heterocycles. The first-order chi connectivity index (χ1) is 7.54. The van der Waals surface area contributed by atoms with E-state index < -0.39 is 5.82 Å². The van der Waals surface area contributed by atoms with Crippen LogP contribution < -0.4 is 0 Å². The number of hydrogen-bond acceptors (Lipinski definition) is 3. The minimum absolute atomic E-state index is 0.0591. The second-order valence-electron chi connectivity index (χ2n) is 2.88. The lowest BCUT2D eigenvalue weighted by atomic mass is 10.2. The summed E-state index contributed by atoms with van der Waals surface area (Å²) in [5.41, 5.74) is 0.247. The number of benzene rings is 1. The molecule has 0 aliphatic rings. The average Bonchev–Trinajstić information content (AvgIpc) is 2.26. The Bertz CT molecular complexity index is 581. The highest BCUT2D eigenvalue weighted by molar-refractivity contribution is 14.1. The van der Waals surface area contributed by atoms with Gasteiger partial charge in [0.1, 0.15) is 10.5 Å². The molecule has 0 fully saturated rings. The molecule has 16 heavy (non-hydrogen) atoms. The van der Waals surface area contributed by atoms with Gasteiger partial charge >= 0.3 is 0 Å². The predicted molar refractivity (Wildman–Crippen MR) is 76.7 cm³/mol. The molecule has 1 aromatic carbocycles. The van der Waals surface area contributed by atoms with Crippen LogP contribution in [0.5, 0.6) is 0 Å². The van der Waals surface area contributed by atoms with Crippen molar-refractivity contribution in [3.05, 3.63) is 25.2 Å². The molecule has 2 nitrogen and oxygen atoms in total. The number of hydrogen-bond donors (Lipinski definition) is 0. The van der Waals surface area contributed by atoms with E-state index in [0.29, 0.717) is 14.9 Å². The molecule has 2 rings (SSSR count). The van der Waals surface area contributed by atoms with E-state index in [1.807, 2.05) is 12.3 Å². The third-order valence-electron chi connectivity index (χ3n) is 1.96. The van der Waals surface area contributed by atoms with E-state index >= 15 is 0 Å². The highest BCUT2D eigenvalue weighted by atomic mass is 127. The minimum Gasteiger partial charge on any atom is -0.215 e. The lowest BCUT2D eigenvalue weighted by Crippen LogP contribution is -1.94. The van der Waals surface area contributed by atoms with Gasteiger partial charge in [0, 0.05) is 8.96 Å². The Morgan fingerprint density at radius 1 is 1.50 bits per heavy atom. The van der Waals surface area contributed by atoms with Gasteiger partial charge in [-0.15, -0.1) is 11.8 Å². The molecule has 0 radical (unpaired) electrons. The summed E-state index contributed by atoms with van der Waals surface area (Å²) in [5, 5.41) is 1.42. The monoisotopic (exact) mass is 432 g/mol. The lowest BCUT2D eigenvalue weighted by molar-refractivity contribution is 0.628. The maximum atomic E-state index is 13.9. The molecule has 2 aromatic rings. The van der Waals surface area contributed by atoms with Crippen molar-refractivity contribution in [3.8, 4) is 0 Å². The van der Waals surface area contributed by atoms with Gasteiger partial charge in [-0.3, -0.25) is 0 Å². The predicted octanol–water partition coefficient (Wildman–Crippen LogP) is 4.51. The van der Waals surface area contributed by atoms with Gasteiger partial charge in [0.05, 0.1) is 4.47 Å². The summed E-state index contributed by atoms with van der Waals surface area (Å²) in [5.74, 6) is -0.401. The molecule has 0 N–H and O–H groups in total. The maximum absolute atomic E-state index is 13.9. The number of nitrogens with zero attached hydrogens (tertiary/aromatic N) is 2. The summed E-state index contributed by atoms with van der Waals surface area (Å²) in [4.78, 5) is 7.98. The zero-order chi connectivity index (χ0) is 11.9. The number of rotatable bonds is 1. The van der Waals surface area contributed by atoms with Crippen molar-refractivity contribution in [2.45, 2.75) is 5.03 Å². The van der Waals surface area contributed by atoms with E-state index in [0.717, 1.165) is 3.57 Å². The molecule has 0 bridgehead atoms. The van der Waals surface area contributed by atoms with Crippen LogP contribution >= 0.6 is 61.9 Å². The van der Waals surface area contributed by atoms with Crippen LogP contribution in [0.1, 0.15) is 0 Å². The smallest absolute Gasteiger partial charge is 0.215 e. The zero-order valence-corrected chi connectivity index (χ0v) is 13.2. The first-order valence-electron chi connectivity index (χ1n) is 4.09. The highest BCUT2D eigenvalue weighted by Crippen LogP contribution is 2.33. The second kappa shape index (κ2) is 4.91. The van der Waals surface area contributed by atoms with Crippen LogP contribution in [0.4, 0.5) is 4.39 Å². The fourth-order valence-electron chi connectivity index (χ4n) is 1.27. The van der Waals surface area contributed by atoms with Crippen LogP contribution in [-0.2, 0) is 0 Å². The molecule has 0 unspecified atom stereocenters. The van der Waals surface area contributed by atoms with Crippen LogP contribution in [-0.4, -0.2) is 16.2 Å². The summed E-state index contributed by atoms with van der Waals surface area (Å²) in [6, 6.07) is 1.84. The molecule has 84 valence electrons. The van der Waals surface area contributed by atoms with Gasteiger partial charge in [0.25, 0.3) is 0 Å². The van der Waals surface area contributed by atoms with Gasteiger partial charge in [-0.05, 0) is 62.4 Å². The van der Waals surface area contributed by atoms with Crippen LogP contribution in [0.25, 0.3) is 10.9 Å². The summed E-state index contributed by atoms with van der Waals surface area (Å²) < 4.78 is 15.1. The number of halogens is 4. The number of thioether (sulfide) groups is 1. The third-order valence-corrected chi connectivity index (χ3v) is 5.19.